The number of hydrogen-bond acceptors (Lipinski definition) is 8. The molecule has 1 radical (unpaired) electrons. The minimum Gasteiger partial charge on any atom is -0.348 e. The summed E-state index contributed by atoms with van der Waals surface area (Å²) in [5.41, 5.74) is 2.62. The zero-order valence-corrected chi connectivity index (χ0v) is 26.5. The fourth-order valence-electron chi connectivity index (χ4n) is 6.69. The number of amidine groups is 1. The Morgan fingerprint density at radius 3 is 2.65 bits per heavy atom. The monoisotopic (exact) mass is 652 g/mol. The van der Waals surface area contributed by atoms with E-state index in [-0.39, 0.29) is 35.3 Å². The van der Waals surface area contributed by atoms with Crippen molar-refractivity contribution >= 4 is 22.8 Å². The zero-order valence-electron chi connectivity index (χ0n) is 26.5. The van der Waals surface area contributed by atoms with Gasteiger partial charge in [0, 0.05) is 30.9 Å². The van der Waals surface area contributed by atoms with Crippen molar-refractivity contribution in [3.05, 3.63) is 117 Å². The smallest absolute Gasteiger partial charge is 0.337 e. The average Bonchev–Trinajstić information content (AvgIpc) is 3.50. The number of pyridine rings is 1. The second kappa shape index (κ2) is 12.7. The van der Waals surface area contributed by atoms with Gasteiger partial charge in [-0.1, -0.05) is 45.8 Å². The molecule has 7 rings (SSSR count). The minimum absolute atomic E-state index is 0.00748. The molecule has 1 N–H and O–H groups in total. The van der Waals surface area contributed by atoms with E-state index in [0.717, 1.165) is 35.5 Å². The Labute approximate surface area is 274 Å². The van der Waals surface area contributed by atoms with E-state index in [1.165, 1.54) is 27.6 Å². The molecule has 4 aromatic rings. The van der Waals surface area contributed by atoms with Crippen LogP contribution < -0.4 is 21.5 Å². The maximum absolute atomic E-state index is 14.5. The van der Waals surface area contributed by atoms with Gasteiger partial charge in [-0.05, 0) is 74.7 Å². The first kappa shape index (κ1) is 31.3. The summed E-state index contributed by atoms with van der Waals surface area (Å²) in [5.74, 6) is -0.568. The lowest BCUT2D eigenvalue weighted by molar-refractivity contribution is -0.118. The van der Waals surface area contributed by atoms with E-state index in [1.54, 1.807) is 11.0 Å². The molecule has 1 amide bonds. The molecule has 1 fully saturated rings. The van der Waals surface area contributed by atoms with Crippen molar-refractivity contribution in [1.82, 2.24) is 34.4 Å². The number of rotatable bonds is 7. The van der Waals surface area contributed by atoms with Crippen LogP contribution in [0.1, 0.15) is 37.3 Å². The highest BCUT2D eigenvalue weighted by Crippen LogP contribution is 2.30. The molecule has 2 aliphatic heterocycles. The second-order valence-electron chi connectivity index (χ2n) is 12.6. The number of amides is 1. The summed E-state index contributed by atoms with van der Waals surface area (Å²) < 4.78 is 30.7. The summed E-state index contributed by atoms with van der Waals surface area (Å²) in [4.78, 5) is 53.2. The number of nitrogens with one attached hydrogen (secondary N) is 1. The molecule has 0 spiro atoms. The van der Waals surface area contributed by atoms with Crippen LogP contribution in [0, 0.1) is 5.82 Å². The van der Waals surface area contributed by atoms with Crippen LogP contribution in [0.2, 0.25) is 0 Å². The second-order valence-corrected chi connectivity index (χ2v) is 12.6. The van der Waals surface area contributed by atoms with Gasteiger partial charge in [-0.15, -0.1) is 0 Å². The Hall–Kier alpha value is -5.27. The van der Waals surface area contributed by atoms with Gasteiger partial charge in [0.25, 0.3) is 17.3 Å². The van der Waals surface area contributed by atoms with Gasteiger partial charge >= 0.3 is 5.69 Å². The van der Waals surface area contributed by atoms with Gasteiger partial charge in [0.05, 0.1) is 17.3 Å². The van der Waals surface area contributed by atoms with Gasteiger partial charge in [-0.2, -0.15) is 10.1 Å². The highest BCUT2D eigenvalue weighted by Gasteiger charge is 2.36. The number of carbonyl (C=O) groups is 1. The van der Waals surface area contributed by atoms with E-state index < -0.39 is 23.1 Å². The number of benzene rings is 2. The van der Waals surface area contributed by atoms with Gasteiger partial charge in [0.2, 0.25) is 6.67 Å². The molecule has 1 aliphatic carbocycles. The lowest BCUT2D eigenvalue weighted by Gasteiger charge is -2.30. The fraction of sp³-hybridized carbons (Fsp3) is 0.286. The van der Waals surface area contributed by atoms with Crippen LogP contribution in [0.15, 0.2) is 99.5 Å². The Morgan fingerprint density at radius 1 is 1.06 bits per heavy atom. The third kappa shape index (κ3) is 5.98. The molecule has 0 atom stereocenters. The molecule has 0 saturated heterocycles. The van der Waals surface area contributed by atoms with Crippen molar-refractivity contribution in [1.29, 1.82) is 0 Å². The highest BCUT2D eigenvalue weighted by atomic mass is 19.2. The predicted octanol–water partition coefficient (Wildman–Crippen LogP) is 4.08. The van der Waals surface area contributed by atoms with E-state index >= 15 is 0 Å². The molecule has 13 heteroatoms. The van der Waals surface area contributed by atoms with E-state index in [9.17, 15) is 23.3 Å². The van der Waals surface area contributed by atoms with Crippen LogP contribution in [-0.2, 0) is 11.3 Å². The van der Waals surface area contributed by atoms with E-state index in [0.29, 0.717) is 42.3 Å². The quantitative estimate of drug-likeness (QED) is 0.238. The van der Waals surface area contributed by atoms with Crippen molar-refractivity contribution in [2.45, 2.75) is 44.3 Å². The van der Waals surface area contributed by atoms with Gasteiger partial charge in [0.1, 0.15) is 5.82 Å². The summed E-state index contributed by atoms with van der Waals surface area (Å²) in [5, 5.41) is 3.49. The summed E-state index contributed by atoms with van der Waals surface area (Å²) in [6.07, 6.45) is 7.13. The zero-order chi connectivity index (χ0) is 33.5. The van der Waals surface area contributed by atoms with Crippen molar-refractivity contribution in [3.8, 4) is 16.8 Å². The van der Waals surface area contributed by atoms with Crippen molar-refractivity contribution in [3.63, 3.8) is 0 Å². The van der Waals surface area contributed by atoms with E-state index in [4.69, 9.17) is 0 Å². The number of halogens is 2. The van der Waals surface area contributed by atoms with Crippen LogP contribution in [-0.4, -0.2) is 62.7 Å². The van der Waals surface area contributed by atoms with Crippen LogP contribution >= 0.6 is 0 Å². The minimum atomic E-state index is -0.676. The first-order valence-corrected chi connectivity index (χ1v) is 15.8. The molecule has 48 heavy (non-hydrogen) atoms. The Bertz CT molecular complexity index is 2130. The van der Waals surface area contributed by atoms with Gasteiger partial charge in [-0.25, -0.2) is 18.7 Å². The summed E-state index contributed by atoms with van der Waals surface area (Å²) >= 11 is 0. The summed E-state index contributed by atoms with van der Waals surface area (Å²) in [6, 6.07) is 16.0. The molecular formula is C35H34F2N8O3+. The molecule has 11 nitrogen and oxygen atoms in total. The predicted molar refractivity (Wildman–Crippen MR) is 178 cm³/mol. The van der Waals surface area contributed by atoms with Gasteiger partial charge < -0.3 is 10.2 Å². The van der Waals surface area contributed by atoms with E-state index in [2.05, 4.69) is 26.3 Å². The molecule has 1 saturated carbocycles. The maximum Gasteiger partial charge on any atom is 0.337 e. The Kier molecular flexibility index (Phi) is 8.31. The Balaban J connectivity index is 1.18. The first-order valence-electron chi connectivity index (χ1n) is 15.8. The van der Waals surface area contributed by atoms with Crippen molar-refractivity contribution < 1.29 is 13.7 Å². The molecule has 2 aromatic carbocycles. The standard InChI is InChI=1S/C35H34F2N8O3/c1-41(2)19-23-6-3-4-9-28(23)22-7-5-8-27(16-22)44-32-29(17-24(36)18-38-32)34(47)45(35(44)48)26-12-10-25(11-13-26)39-33(46)30-20-42-21-43(37)15-14-31(42)40-30/h3-9,14-18,20,25-26H,10-13,19,21H2,1-2H3,(H,39,46)/q+1. The number of carbonyl (C=O) groups excluding carboxylic acids is 1. The number of aliphatic imine (C=N–C) groups is 1. The molecule has 0 bridgehead atoms. The summed E-state index contributed by atoms with van der Waals surface area (Å²) in [6.45, 7) is 0.667. The maximum atomic E-state index is 14.5. The molecule has 245 valence electrons. The molecule has 3 aliphatic rings. The largest absolute Gasteiger partial charge is 0.348 e. The first-order chi connectivity index (χ1) is 23.2. The van der Waals surface area contributed by atoms with Crippen LogP contribution in [0.4, 0.5) is 8.87 Å². The molecule has 2 aromatic heterocycles. The number of nitrogens with zero attached hydrogens (tertiary/aromatic N) is 7. The lowest BCUT2D eigenvalue weighted by Crippen LogP contribution is -2.45. The molecule has 0 unspecified atom stereocenters. The summed E-state index contributed by atoms with van der Waals surface area (Å²) in [7, 11) is 4.00. The fourth-order valence-corrected chi connectivity index (χ4v) is 6.69. The van der Waals surface area contributed by atoms with E-state index in [1.807, 2.05) is 50.5 Å². The number of aromatic nitrogens is 3. The van der Waals surface area contributed by atoms with Crippen molar-refractivity contribution in [2.24, 2.45) is 4.99 Å². The lowest BCUT2D eigenvalue weighted by atomic mass is 9.90. The molecular weight excluding hydrogens is 618 g/mol. The topological polar surface area (TPSA) is 111 Å². The van der Waals surface area contributed by atoms with Gasteiger partial charge in [0.15, 0.2) is 17.5 Å². The normalized spacial score (nSPS) is 19.4. The highest BCUT2D eigenvalue weighted by molar-refractivity contribution is 6.05. The third-order valence-corrected chi connectivity index (χ3v) is 8.92. The van der Waals surface area contributed by atoms with Crippen molar-refractivity contribution in [2.75, 3.05) is 20.8 Å². The SMILES string of the molecule is CN(C)Cc1ccccc1-c1cccc(-n2c(=O)n(C3CCC(NC(=O)C4=C[N+]5CN(F)C=CC5=N4)CC3)c(=O)c3cc(F)cnc32)c1. The average molecular weight is 653 g/mol. The third-order valence-electron chi connectivity index (χ3n) is 8.92. The Morgan fingerprint density at radius 2 is 1.85 bits per heavy atom. The van der Waals surface area contributed by atoms with Crippen LogP contribution in [0.25, 0.3) is 27.8 Å². The van der Waals surface area contributed by atoms with Gasteiger partial charge in [-0.3, -0.25) is 14.2 Å². The van der Waals surface area contributed by atoms with Crippen LogP contribution in [0.5, 0.6) is 0 Å². The van der Waals surface area contributed by atoms with Crippen LogP contribution in [0.3, 0.4) is 0 Å². The number of fused-ring (bicyclic) bond motifs is 2. The molecule has 4 heterocycles. The number of hydrogen-bond donors (Lipinski definition) is 1.